The Morgan fingerprint density at radius 2 is 1.71 bits per heavy atom. The van der Waals surface area contributed by atoms with Crippen LogP contribution in [0, 0.1) is 10.8 Å². The highest BCUT2D eigenvalue weighted by molar-refractivity contribution is 6.49. The molecule has 0 fully saturated rings. The molecule has 5 nitrogen and oxygen atoms in total. The second kappa shape index (κ2) is 7.64. The van der Waals surface area contributed by atoms with Crippen molar-refractivity contribution in [3.05, 3.63) is 100 Å². The van der Waals surface area contributed by atoms with E-state index in [1.165, 1.54) is 30.4 Å². The molecule has 2 N–H and O–H groups in total. The lowest BCUT2D eigenvalue weighted by molar-refractivity contribution is -0.137. The molecule has 8 heteroatoms. The Balaban J connectivity index is 1.91. The monoisotopic (exact) mass is 420 g/mol. The fraction of sp³-hybridized carbons (Fsp3) is 0.0435. The van der Waals surface area contributed by atoms with Crippen molar-refractivity contribution in [2.75, 3.05) is 0 Å². The van der Waals surface area contributed by atoms with Crippen LogP contribution in [0.25, 0.3) is 22.7 Å². The maximum absolute atomic E-state index is 13.2. The fourth-order valence-corrected chi connectivity index (χ4v) is 3.17. The normalized spacial score (nSPS) is 14.5. The molecular weight excluding hydrogens is 405 g/mol. The van der Waals surface area contributed by atoms with E-state index in [0.717, 1.165) is 16.7 Å². The van der Waals surface area contributed by atoms with Crippen molar-refractivity contribution in [1.29, 1.82) is 10.8 Å². The maximum atomic E-state index is 13.2. The van der Waals surface area contributed by atoms with Crippen molar-refractivity contribution < 1.29 is 13.2 Å². The average molecular weight is 420 g/mol. The molecular formula is C23H15F3N4O. The van der Waals surface area contributed by atoms with Gasteiger partial charge in [0.15, 0.2) is 0 Å². The summed E-state index contributed by atoms with van der Waals surface area (Å²) in [7, 11) is 0. The number of nitrogens with one attached hydrogen (secondary N) is 2. The summed E-state index contributed by atoms with van der Waals surface area (Å²) >= 11 is 0. The van der Waals surface area contributed by atoms with Gasteiger partial charge in [0.1, 0.15) is 5.82 Å². The Bertz CT molecular complexity index is 1380. The third kappa shape index (κ3) is 4.00. The van der Waals surface area contributed by atoms with Crippen LogP contribution in [0.3, 0.4) is 0 Å². The highest BCUT2D eigenvalue weighted by Gasteiger charge is 2.30. The summed E-state index contributed by atoms with van der Waals surface area (Å²) in [5.41, 5.74) is -0.208. The smallest absolute Gasteiger partial charge is 0.299 e. The number of fused-ring (bicyclic) bond motifs is 1. The van der Waals surface area contributed by atoms with Crippen molar-refractivity contribution in [2.24, 2.45) is 0 Å². The van der Waals surface area contributed by atoms with E-state index in [9.17, 15) is 18.0 Å². The molecule has 0 amide bonds. The third-order valence-electron chi connectivity index (χ3n) is 4.70. The topological polar surface area (TPSA) is 82.6 Å². The van der Waals surface area contributed by atoms with E-state index in [0.29, 0.717) is 11.1 Å². The van der Waals surface area contributed by atoms with Crippen LogP contribution in [0.1, 0.15) is 11.4 Å². The second-order valence-electron chi connectivity index (χ2n) is 6.81. The fourth-order valence-electron chi connectivity index (χ4n) is 3.17. The lowest BCUT2D eigenvalue weighted by atomic mass is 10.0. The van der Waals surface area contributed by atoms with Gasteiger partial charge < -0.3 is 0 Å². The van der Waals surface area contributed by atoms with Crippen LogP contribution < -0.4 is 5.56 Å². The summed E-state index contributed by atoms with van der Waals surface area (Å²) in [4.78, 5) is 17.6. The highest BCUT2D eigenvalue weighted by atomic mass is 19.4. The molecule has 0 bridgehead atoms. The standard InChI is InChI=1S/C23H15F3N4O/c24-23(25,26)15-4-3-5-16(13-15)30-21(11-9-14-8-10-18(27)19(28)12-14)29-20-7-2-1-6-17(20)22(30)31/h1-13,27-28H. The van der Waals surface area contributed by atoms with Crippen LogP contribution in [0.2, 0.25) is 0 Å². The largest absolute Gasteiger partial charge is 0.416 e. The molecule has 0 spiro atoms. The minimum absolute atomic E-state index is 0.0314. The number of halogens is 3. The second-order valence-corrected chi connectivity index (χ2v) is 6.81. The molecule has 1 aromatic heterocycles. The number of aromatic nitrogens is 2. The lowest BCUT2D eigenvalue weighted by Crippen LogP contribution is -2.22. The zero-order valence-electron chi connectivity index (χ0n) is 15.9. The van der Waals surface area contributed by atoms with Crippen molar-refractivity contribution in [2.45, 2.75) is 6.18 Å². The van der Waals surface area contributed by atoms with Gasteiger partial charge >= 0.3 is 6.18 Å². The van der Waals surface area contributed by atoms with E-state index in [1.54, 1.807) is 36.4 Å². The van der Waals surface area contributed by atoms with Crippen molar-refractivity contribution >= 4 is 28.4 Å². The Labute approximate surface area is 174 Å². The molecule has 3 aromatic rings. The summed E-state index contributed by atoms with van der Waals surface area (Å²) in [5, 5.41) is 15.6. The average Bonchev–Trinajstić information content (AvgIpc) is 2.74. The maximum Gasteiger partial charge on any atom is 0.416 e. The van der Waals surface area contributed by atoms with Gasteiger partial charge in [0, 0.05) is 0 Å². The molecule has 1 heterocycles. The van der Waals surface area contributed by atoms with Crippen molar-refractivity contribution in [1.82, 2.24) is 9.55 Å². The first-order chi connectivity index (χ1) is 14.7. The number of allylic oxidation sites excluding steroid dienone is 5. The first kappa shape index (κ1) is 20.2. The number of alkyl halides is 3. The quantitative estimate of drug-likeness (QED) is 0.588. The predicted octanol–water partition coefficient (Wildman–Crippen LogP) is 4.95. The number of hydrogen-bond acceptors (Lipinski definition) is 4. The molecule has 1 aliphatic carbocycles. The van der Waals surface area contributed by atoms with Gasteiger partial charge in [-0.2, -0.15) is 13.2 Å². The highest BCUT2D eigenvalue weighted by Crippen LogP contribution is 2.30. The number of rotatable bonds is 3. The van der Waals surface area contributed by atoms with Crippen LogP contribution in [0.5, 0.6) is 0 Å². The van der Waals surface area contributed by atoms with Gasteiger partial charge in [0.05, 0.1) is 33.6 Å². The van der Waals surface area contributed by atoms with Gasteiger partial charge in [-0.1, -0.05) is 30.4 Å². The SMILES string of the molecule is N=C1C=CC(C=Cc2nc3ccccc3c(=O)n2-c2cccc(C(F)(F)F)c2)=CC1=N. The van der Waals surface area contributed by atoms with E-state index < -0.39 is 17.3 Å². The summed E-state index contributed by atoms with van der Waals surface area (Å²) in [6.45, 7) is 0. The molecule has 0 unspecified atom stereocenters. The number of para-hydroxylation sites is 1. The number of nitrogens with zero attached hydrogens (tertiary/aromatic N) is 2. The number of hydrogen-bond donors (Lipinski definition) is 2. The molecule has 0 aliphatic heterocycles. The summed E-state index contributed by atoms with van der Waals surface area (Å²) < 4.78 is 40.8. The van der Waals surface area contributed by atoms with E-state index in [1.807, 2.05) is 0 Å². The zero-order chi connectivity index (χ0) is 22.2. The van der Waals surface area contributed by atoms with E-state index in [4.69, 9.17) is 10.8 Å². The Morgan fingerprint density at radius 3 is 2.45 bits per heavy atom. The summed E-state index contributed by atoms with van der Waals surface area (Å²) in [5.74, 6) is 0.143. The molecule has 1 aliphatic rings. The van der Waals surface area contributed by atoms with Crippen LogP contribution in [-0.2, 0) is 6.18 Å². The van der Waals surface area contributed by atoms with Gasteiger partial charge in [-0.05, 0) is 54.1 Å². The third-order valence-corrected chi connectivity index (χ3v) is 4.70. The molecule has 0 saturated heterocycles. The molecule has 31 heavy (non-hydrogen) atoms. The predicted molar refractivity (Wildman–Crippen MR) is 114 cm³/mol. The molecule has 2 aromatic carbocycles. The minimum atomic E-state index is -4.55. The molecule has 4 rings (SSSR count). The Hall–Kier alpha value is -4.07. The van der Waals surface area contributed by atoms with Gasteiger partial charge in [-0.3, -0.25) is 20.2 Å². The summed E-state index contributed by atoms with van der Waals surface area (Å²) in [6, 6.07) is 11.1. The Kier molecular flexibility index (Phi) is 4.98. The van der Waals surface area contributed by atoms with Gasteiger partial charge in [0.25, 0.3) is 5.56 Å². The molecule has 0 radical (unpaired) electrons. The van der Waals surface area contributed by atoms with Gasteiger partial charge in [-0.25, -0.2) is 4.98 Å². The van der Waals surface area contributed by atoms with E-state index in [-0.39, 0.29) is 28.3 Å². The molecule has 0 atom stereocenters. The van der Waals surface area contributed by atoms with Crippen LogP contribution >= 0.6 is 0 Å². The number of benzene rings is 2. The lowest BCUT2D eigenvalue weighted by Gasteiger charge is -2.14. The van der Waals surface area contributed by atoms with Crippen LogP contribution in [0.15, 0.2) is 83.2 Å². The van der Waals surface area contributed by atoms with Crippen LogP contribution in [-0.4, -0.2) is 21.0 Å². The zero-order valence-corrected chi connectivity index (χ0v) is 15.9. The molecule has 154 valence electrons. The van der Waals surface area contributed by atoms with E-state index in [2.05, 4.69) is 4.98 Å². The van der Waals surface area contributed by atoms with Gasteiger partial charge in [-0.15, -0.1) is 0 Å². The first-order valence-electron chi connectivity index (χ1n) is 9.19. The van der Waals surface area contributed by atoms with Gasteiger partial charge in [0.2, 0.25) is 0 Å². The summed E-state index contributed by atoms with van der Waals surface area (Å²) in [6.07, 6.45) is 3.13. The first-order valence-corrected chi connectivity index (χ1v) is 9.19. The Morgan fingerprint density at radius 1 is 0.935 bits per heavy atom. The van der Waals surface area contributed by atoms with E-state index >= 15 is 0 Å². The minimum Gasteiger partial charge on any atom is -0.299 e. The molecule has 0 saturated carbocycles. The van der Waals surface area contributed by atoms with Crippen molar-refractivity contribution in [3.63, 3.8) is 0 Å². The van der Waals surface area contributed by atoms with Crippen LogP contribution in [0.4, 0.5) is 13.2 Å². The van der Waals surface area contributed by atoms with Crippen molar-refractivity contribution in [3.8, 4) is 5.69 Å².